The standard InChI is InChI=1S/C20H35N3O2S/c1-13-17(19(2,3)4)16-10-14(11-21-26(24,25)15-8-9-15)12-23(16)18(22-13)20(5,6)7/h13-15,21H,8-12H2,1-7H3/t13-,14?/m0/s1. The fraction of sp³-hybridized carbons (Fsp3) is 0.850. The molecule has 0 amide bonds. The molecule has 0 spiro atoms. The van der Waals surface area contributed by atoms with Crippen LogP contribution < -0.4 is 4.72 Å². The van der Waals surface area contributed by atoms with Gasteiger partial charge in [-0.2, -0.15) is 0 Å². The largest absolute Gasteiger partial charge is 0.333 e. The number of hydrogen-bond donors (Lipinski definition) is 1. The number of rotatable bonds is 4. The average molecular weight is 382 g/mol. The van der Waals surface area contributed by atoms with Crippen LogP contribution in [-0.4, -0.2) is 43.5 Å². The van der Waals surface area contributed by atoms with Gasteiger partial charge in [0.2, 0.25) is 10.0 Å². The third-order valence-electron chi connectivity index (χ3n) is 5.56. The highest BCUT2D eigenvalue weighted by Crippen LogP contribution is 2.44. The van der Waals surface area contributed by atoms with Gasteiger partial charge in [0.05, 0.1) is 11.3 Å². The maximum atomic E-state index is 12.2. The van der Waals surface area contributed by atoms with Crippen LogP contribution in [0.15, 0.2) is 16.3 Å². The molecule has 6 heteroatoms. The molecular formula is C20H35N3O2S. The molecule has 2 aliphatic heterocycles. The Labute approximate surface area is 159 Å². The van der Waals surface area contributed by atoms with Gasteiger partial charge in [-0.15, -0.1) is 0 Å². The molecule has 1 saturated carbocycles. The normalized spacial score (nSPS) is 27.7. The quantitative estimate of drug-likeness (QED) is 0.810. The summed E-state index contributed by atoms with van der Waals surface area (Å²) in [7, 11) is -3.12. The van der Waals surface area contributed by atoms with E-state index in [4.69, 9.17) is 4.99 Å². The van der Waals surface area contributed by atoms with E-state index in [-0.39, 0.29) is 22.1 Å². The molecule has 1 unspecified atom stereocenters. The van der Waals surface area contributed by atoms with Crippen molar-refractivity contribution in [3.63, 3.8) is 0 Å². The molecule has 3 aliphatic rings. The molecule has 1 saturated heterocycles. The Balaban J connectivity index is 1.86. The highest BCUT2D eigenvalue weighted by Gasteiger charge is 2.43. The molecule has 2 heterocycles. The van der Waals surface area contributed by atoms with Crippen molar-refractivity contribution < 1.29 is 8.42 Å². The molecule has 0 aromatic heterocycles. The Kier molecular flexibility index (Phi) is 4.84. The third kappa shape index (κ3) is 3.86. The third-order valence-corrected chi connectivity index (χ3v) is 7.48. The molecule has 0 radical (unpaired) electrons. The number of amidine groups is 1. The van der Waals surface area contributed by atoms with Crippen LogP contribution in [0.1, 0.15) is 67.7 Å². The van der Waals surface area contributed by atoms with E-state index in [1.165, 1.54) is 11.3 Å². The molecule has 2 fully saturated rings. The van der Waals surface area contributed by atoms with Gasteiger partial charge in [-0.05, 0) is 43.1 Å². The second-order valence-electron chi connectivity index (χ2n) is 10.3. The number of aliphatic imine (C=N–C) groups is 1. The molecule has 1 aliphatic carbocycles. The van der Waals surface area contributed by atoms with Crippen LogP contribution in [0.5, 0.6) is 0 Å². The molecule has 0 aromatic carbocycles. The van der Waals surface area contributed by atoms with E-state index >= 15 is 0 Å². The van der Waals surface area contributed by atoms with Crippen LogP contribution in [0.2, 0.25) is 0 Å². The summed E-state index contributed by atoms with van der Waals surface area (Å²) in [5, 5.41) is -0.150. The van der Waals surface area contributed by atoms with Gasteiger partial charge < -0.3 is 4.90 Å². The van der Waals surface area contributed by atoms with Gasteiger partial charge in [0, 0.05) is 24.2 Å². The first kappa shape index (κ1) is 19.9. The summed E-state index contributed by atoms with van der Waals surface area (Å²) >= 11 is 0. The Morgan fingerprint density at radius 3 is 2.23 bits per heavy atom. The Morgan fingerprint density at radius 2 is 1.73 bits per heavy atom. The molecule has 26 heavy (non-hydrogen) atoms. The highest BCUT2D eigenvalue weighted by atomic mass is 32.2. The summed E-state index contributed by atoms with van der Waals surface area (Å²) in [6, 6.07) is 0.178. The number of nitrogens with zero attached hydrogens (tertiary/aromatic N) is 2. The van der Waals surface area contributed by atoms with E-state index in [9.17, 15) is 8.42 Å². The predicted octanol–water partition coefficient (Wildman–Crippen LogP) is 3.54. The highest BCUT2D eigenvalue weighted by molar-refractivity contribution is 7.90. The van der Waals surface area contributed by atoms with Crippen molar-refractivity contribution in [2.75, 3.05) is 13.1 Å². The molecule has 5 nitrogen and oxygen atoms in total. The maximum Gasteiger partial charge on any atom is 0.214 e. The van der Waals surface area contributed by atoms with E-state index < -0.39 is 10.0 Å². The number of fused-ring (bicyclic) bond motifs is 1. The van der Waals surface area contributed by atoms with Crippen LogP contribution in [0, 0.1) is 16.7 Å². The van der Waals surface area contributed by atoms with Crippen molar-refractivity contribution in [3.8, 4) is 0 Å². The van der Waals surface area contributed by atoms with Crippen LogP contribution in [0.25, 0.3) is 0 Å². The summed E-state index contributed by atoms with van der Waals surface area (Å²) in [5.74, 6) is 1.44. The van der Waals surface area contributed by atoms with Gasteiger partial charge in [-0.1, -0.05) is 41.5 Å². The maximum absolute atomic E-state index is 12.2. The molecule has 2 atom stereocenters. The molecule has 0 bridgehead atoms. The fourth-order valence-electron chi connectivity index (χ4n) is 4.37. The molecule has 1 N–H and O–H groups in total. The first-order valence-corrected chi connectivity index (χ1v) is 11.4. The van der Waals surface area contributed by atoms with Gasteiger partial charge in [-0.3, -0.25) is 4.99 Å². The van der Waals surface area contributed by atoms with Gasteiger partial charge in [0.1, 0.15) is 5.84 Å². The first-order chi connectivity index (χ1) is 11.8. The minimum Gasteiger partial charge on any atom is -0.333 e. The molecule has 148 valence electrons. The minimum atomic E-state index is -3.12. The van der Waals surface area contributed by atoms with E-state index in [0.29, 0.717) is 12.5 Å². The number of nitrogens with one attached hydrogen (secondary N) is 1. The lowest BCUT2D eigenvalue weighted by molar-refractivity contribution is 0.389. The van der Waals surface area contributed by atoms with E-state index in [0.717, 1.165) is 31.6 Å². The van der Waals surface area contributed by atoms with Crippen LogP contribution in [-0.2, 0) is 10.0 Å². The number of hydrogen-bond acceptors (Lipinski definition) is 4. The molecule has 3 rings (SSSR count). The van der Waals surface area contributed by atoms with Crippen LogP contribution in [0.3, 0.4) is 0 Å². The van der Waals surface area contributed by atoms with E-state index in [1.807, 2.05) is 0 Å². The van der Waals surface area contributed by atoms with Crippen molar-refractivity contribution in [1.82, 2.24) is 9.62 Å². The van der Waals surface area contributed by atoms with Crippen molar-refractivity contribution in [1.29, 1.82) is 0 Å². The summed E-state index contributed by atoms with van der Waals surface area (Å²) in [6.07, 6.45) is 2.55. The Morgan fingerprint density at radius 1 is 1.12 bits per heavy atom. The van der Waals surface area contributed by atoms with Crippen LogP contribution in [0.4, 0.5) is 0 Å². The SMILES string of the molecule is C[C@@H]1N=C(C(C)(C)C)N2CC(CNS(=O)(=O)C3CC3)CC2=C1C(C)(C)C. The van der Waals surface area contributed by atoms with Gasteiger partial charge in [0.15, 0.2) is 0 Å². The molecular weight excluding hydrogens is 346 g/mol. The second kappa shape index (κ2) is 6.33. The van der Waals surface area contributed by atoms with Crippen molar-refractivity contribution in [2.24, 2.45) is 21.7 Å². The smallest absolute Gasteiger partial charge is 0.214 e. The predicted molar refractivity (Wildman–Crippen MR) is 108 cm³/mol. The Hall–Kier alpha value is -0.880. The van der Waals surface area contributed by atoms with Gasteiger partial charge in [0.25, 0.3) is 0 Å². The van der Waals surface area contributed by atoms with E-state index in [1.54, 1.807) is 0 Å². The first-order valence-electron chi connectivity index (χ1n) is 9.88. The summed E-state index contributed by atoms with van der Waals surface area (Å²) in [6.45, 7) is 17.0. The minimum absolute atomic E-state index is 0.0225. The summed E-state index contributed by atoms with van der Waals surface area (Å²) in [5.41, 5.74) is 2.81. The van der Waals surface area contributed by atoms with Crippen molar-refractivity contribution in [3.05, 3.63) is 11.3 Å². The Bertz CT molecular complexity index is 734. The van der Waals surface area contributed by atoms with Gasteiger partial charge >= 0.3 is 0 Å². The zero-order valence-corrected chi connectivity index (χ0v) is 18.2. The molecule has 0 aromatic rings. The summed E-state index contributed by atoms with van der Waals surface area (Å²) < 4.78 is 27.3. The monoisotopic (exact) mass is 381 g/mol. The average Bonchev–Trinajstić information content (AvgIpc) is 3.23. The topological polar surface area (TPSA) is 61.8 Å². The lowest BCUT2D eigenvalue weighted by atomic mass is 9.79. The van der Waals surface area contributed by atoms with E-state index in [2.05, 4.69) is 58.1 Å². The van der Waals surface area contributed by atoms with Crippen molar-refractivity contribution in [2.45, 2.75) is 79.0 Å². The fourth-order valence-corrected chi connectivity index (χ4v) is 5.83. The lowest BCUT2D eigenvalue weighted by Crippen LogP contribution is -2.43. The second-order valence-corrected chi connectivity index (χ2v) is 12.3. The number of allylic oxidation sites excluding steroid dienone is 1. The van der Waals surface area contributed by atoms with Crippen molar-refractivity contribution >= 4 is 15.9 Å². The zero-order chi connectivity index (χ0) is 19.5. The number of sulfonamides is 1. The van der Waals surface area contributed by atoms with Crippen LogP contribution >= 0.6 is 0 Å². The lowest BCUT2D eigenvalue weighted by Gasteiger charge is -2.41. The van der Waals surface area contributed by atoms with Gasteiger partial charge in [-0.25, -0.2) is 13.1 Å². The summed E-state index contributed by atoms with van der Waals surface area (Å²) in [4.78, 5) is 7.46. The zero-order valence-electron chi connectivity index (χ0n) is 17.4.